The van der Waals surface area contributed by atoms with Gasteiger partial charge in [-0.25, -0.2) is 16.8 Å². The van der Waals surface area contributed by atoms with E-state index >= 15 is 0 Å². The number of halogens is 1. The van der Waals surface area contributed by atoms with Gasteiger partial charge in [0.2, 0.25) is 0 Å². The van der Waals surface area contributed by atoms with E-state index in [9.17, 15) is 12.8 Å². The zero-order valence-electron chi connectivity index (χ0n) is 17.6. The molecule has 1 fully saturated rings. The molecule has 1 aromatic heterocycles. The predicted octanol–water partition coefficient (Wildman–Crippen LogP) is 4.34. The minimum atomic E-state index is -3.86. The molecule has 0 unspecified atom stereocenters. The Bertz CT molecular complexity index is 1340. The van der Waals surface area contributed by atoms with E-state index in [0.29, 0.717) is 5.52 Å². The van der Waals surface area contributed by atoms with Crippen LogP contribution >= 0.6 is 0 Å². The summed E-state index contributed by atoms with van der Waals surface area (Å²) in [5.41, 5.74) is 2.99. The van der Waals surface area contributed by atoms with Gasteiger partial charge in [0.15, 0.2) is 0 Å². The van der Waals surface area contributed by atoms with Crippen LogP contribution < -0.4 is 4.90 Å². The first kappa shape index (κ1) is 20.7. The Balaban J connectivity index is 1.33. The lowest BCUT2D eigenvalue weighted by molar-refractivity contribution is 0.250. The van der Waals surface area contributed by atoms with Gasteiger partial charge in [0.25, 0.3) is 10.0 Å². The third-order valence-corrected chi connectivity index (χ3v) is 7.66. The maximum absolute atomic E-state index is 13.6. The lowest BCUT2D eigenvalue weighted by Gasteiger charge is -2.36. The van der Waals surface area contributed by atoms with Gasteiger partial charge in [0.05, 0.1) is 10.4 Å². The number of benzene rings is 3. The highest BCUT2D eigenvalue weighted by Gasteiger charge is 2.21. The molecule has 2 heterocycles. The minimum absolute atomic E-state index is 0.0615. The van der Waals surface area contributed by atoms with Gasteiger partial charge < -0.3 is 4.90 Å². The Morgan fingerprint density at radius 3 is 2.34 bits per heavy atom. The number of hydrogen-bond donors (Lipinski definition) is 0. The Morgan fingerprint density at radius 1 is 0.812 bits per heavy atom. The van der Waals surface area contributed by atoms with Crippen molar-refractivity contribution in [3.63, 3.8) is 0 Å². The van der Waals surface area contributed by atoms with Gasteiger partial charge in [-0.2, -0.15) is 0 Å². The average molecular weight is 450 g/mol. The summed E-state index contributed by atoms with van der Waals surface area (Å²) in [7, 11) is -3.86. The largest absolute Gasteiger partial charge is 0.369 e. The third kappa shape index (κ3) is 4.01. The molecule has 164 valence electrons. The van der Waals surface area contributed by atoms with Crippen LogP contribution in [0.5, 0.6) is 0 Å². The topological polar surface area (TPSA) is 45.6 Å². The molecule has 0 N–H and O–H groups in total. The van der Waals surface area contributed by atoms with E-state index in [4.69, 9.17) is 0 Å². The standard InChI is InChI=1S/C25H24FN3O2S/c26-22-7-4-8-24(18-22)32(30,31)29-12-11-21-17-23(9-10-25(21)29)28-15-13-27(14-16-28)19-20-5-2-1-3-6-20/h1-12,17-18H,13-16,19H2. The number of fused-ring (bicyclic) bond motifs is 1. The Morgan fingerprint density at radius 2 is 1.59 bits per heavy atom. The summed E-state index contributed by atoms with van der Waals surface area (Å²) in [6.07, 6.45) is 1.53. The van der Waals surface area contributed by atoms with Gasteiger partial charge in [-0.15, -0.1) is 0 Å². The fourth-order valence-electron chi connectivity index (χ4n) is 4.26. The van der Waals surface area contributed by atoms with E-state index in [2.05, 4.69) is 34.1 Å². The van der Waals surface area contributed by atoms with Crippen molar-refractivity contribution in [1.29, 1.82) is 0 Å². The van der Waals surface area contributed by atoms with Crippen LogP contribution in [0.15, 0.2) is 90.0 Å². The number of piperazine rings is 1. The van der Waals surface area contributed by atoms with Crippen molar-refractivity contribution in [3.05, 3.63) is 96.4 Å². The molecule has 4 aromatic rings. The van der Waals surface area contributed by atoms with Crippen LogP contribution in [0.25, 0.3) is 10.9 Å². The summed E-state index contributed by atoms with van der Waals surface area (Å²) in [4.78, 5) is 4.72. The average Bonchev–Trinajstić information content (AvgIpc) is 3.24. The second-order valence-corrected chi connectivity index (χ2v) is 9.88. The van der Waals surface area contributed by atoms with Crippen LogP contribution in [0, 0.1) is 5.82 Å². The van der Waals surface area contributed by atoms with Crippen LogP contribution in [0.4, 0.5) is 10.1 Å². The van der Waals surface area contributed by atoms with E-state index in [1.54, 1.807) is 6.07 Å². The molecule has 1 aliphatic rings. The van der Waals surface area contributed by atoms with E-state index in [1.165, 1.54) is 33.9 Å². The predicted molar refractivity (Wildman–Crippen MR) is 125 cm³/mol. The Hall–Kier alpha value is -3.16. The van der Waals surface area contributed by atoms with Crippen molar-refractivity contribution in [2.45, 2.75) is 11.4 Å². The molecular weight excluding hydrogens is 425 g/mol. The van der Waals surface area contributed by atoms with Gasteiger partial charge in [-0.1, -0.05) is 36.4 Å². The van der Waals surface area contributed by atoms with Crippen LogP contribution in [-0.4, -0.2) is 43.5 Å². The number of nitrogens with zero attached hydrogens (tertiary/aromatic N) is 3. The van der Waals surface area contributed by atoms with Crippen LogP contribution in [0.1, 0.15) is 5.56 Å². The molecule has 7 heteroatoms. The highest BCUT2D eigenvalue weighted by Crippen LogP contribution is 2.27. The SMILES string of the molecule is O=S(=O)(c1cccc(F)c1)n1ccc2cc(N3CCN(Cc4ccccc4)CC3)ccc21. The normalized spacial score (nSPS) is 15.3. The van der Waals surface area contributed by atoms with Crippen molar-refractivity contribution in [2.75, 3.05) is 31.1 Å². The van der Waals surface area contributed by atoms with Crippen molar-refractivity contribution < 1.29 is 12.8 Å². The van der Waals surface area contributed by atoms with Crippen molar-refractivity contribution in [2.24, 2.45) is 0 Å². The van der Waals surface area contributed by atoms with Crippen LogP contribution in [0.2, 0.25) is 0 Å². The van der Waals surface area contributed by atoms with Crippen molar-refractivity contribution in [3.8, 4) is 0 Å². The molecule has 5 rings (SSSR count). The maximum Gasteiger partial charge on any atom is 0.268 e. The van der Waals surface area contributed by atoms with E-state index < -0.39 is 15.8 Å². The molecule has 0 amide bonds. The molecule has 0 spiro atoms. The van der Waals surface area contributed by atoms with E-state index in [1.807, 2.05) is 24.3 Å². The van der Waals surface area contributed by atoms with E-state index in [-0.39, 0.29) is 4.90 Å². The lowest BCUT2D eigenvalue weighted by atomic mass is 10.1. The zero-order valence-corrected chi connectivity index (χ0v) is 18.4. The molecule has 1 saturated heterocycles. The van der Waals surface area contributed by atoms with Gasteiger partial charge in [-0.3, -0.25) is 4.90 Å². The summed E-state index contributed by atoms with van der Waals surface area (Å²) in [5, 5.41) is 0.842. The number of anilines is 1. The number of rotatable bonds is 5. The minimum Gasteiger partial charge on any atom is -0.369 e. The van der Waals surface area contributed by atoms with Crippen molar-refractivity contribution >= 4 is 26.6 Å². The summed E-state index contributed by atoms with van der Waals surface area (Å²) in [5.74, 6) is -0.573. The maximum atomic E-state index is 13.6. The highest BCUT2D eigenvalue weighted by molar-refractivity contribution is 7.90. The fourth-order valence-corrected chi connectivity index (χ4v) is 5.64. The molecular formula is C25H24FN3O2S. The second-order valence-electron chi connectivity index (χ2n) is 8.07. The molecule has 32 heavy (non-hydrogen) atoms. The first-order chi connectivity index (χ1) is 15.5. The molecule has 0 saturated carbocycles. The first-order valence-corrected chi connectivity index (χ1v) is 12.1. The van der Waals surface area contributed by atoms with Gasteiger partial charge in [0, 0.05) is 50.0 Å². The third-order valence-electron chi connectivity index (χ3n) is 5.98. The number of hydrogen-bond acceptors (Lipinski definition) is 4. The van der Waals surface area contributed by atoms with Gasteiger partial charge >= 0.3 is 0 Å². The quantitative estimate of drug-likeness (QED) is 0.455. The summed E-state index contributed by atoms with van der Waals surface area (Å²) >= 11 is 0. The summed E-state index contributed by atoms with van der Waals surface area (Å²) in [6.45, 7) is 4.74. The summed E-state index contributed by atoms with van der Waals surface area (Å²) < 4.78 is 40.8. The molecule has 1 aliphatic heterocycles. The number of aromatic nitrogens is 1. The second kappa shape index (κ2) is 8.41. The van der Waals surface area contributed by atoms with Crippen LogP contribution in [-0.2, 0) is 16.6 Å². The molecule has 5 nitrogen and oxygen atoms in total. The molecule has 0 radical (unpaired) electrons. The van der Waals surface area contributed by atoms with Gasteiger partial charge in [-0.05, 0) is 48.0 Å². The molecule has 3 aromatic carbocycles. The summed E-state index contributed by atoms with van der Waals surface area (Å²) in [6, 6.07) is 23.2. The first-order valence-electron chi connectivity index (χ1n) is 10.6. The lowest BCUT2D eigenvalue weighted by Crippen LogP contribution is -2.45. The van der Waals surface area contributed by atoms with Crippen molar-refractivity contribution in [1.82, 2.24) is 8.87 Å². The monoisotopic (exact) mass is 449 g/mol. The molecule has 0 bridgehead atoms. The highest BCUT2D eigenvalue weighted by atomic mass is 32.2. The molecule has 0 aliphatic carbocycles. The van der Waals surface area contributed by atoms with Crippen LogP contribution in [0.3, 0.4) is 0 Å². The fraction of sp³-hybridized carbons (Fsp3) is 0.200. The Kier molecular flexibility index (Phi) is 5.45. The van der Waals surface area contributed by atoms with Gasteiger partial charge in [0.1, 0.15) is 5.82 Å². The smallest absolute Gasteiger partial charge is 0.268 e. The van der Waals surface area contributed by atoms with E-state index in [0.717, 1.165) is 49.9 Å². The zero-order chi connectivity index (χ0) is 22.1. The molecule has 0 atom stereocenters. The Labute approximate surface area is 187 Å².